The lowest BCUT2D eigenvalue weighted by molar-refractivity contribution is 0.505. The van der Waals surface area contributed by atoms with Crippen molar-refractivity contribution in [2.45, 2.75) is 0 Å². The van der Waals surface area contributed by atoms with E-state index < -0.39 is 0 Å². The maximum absolute atomic E-state index is 3.25. The van der Waals surface area contributed by atoms with Crippen molar-refractivity contribution in [3.63, 3.8) is 0 Å². The quantitative estimate of drug-likeness (QED) is 0.442. The van der Waals surface area contributed by atoms with Crippen molar-refractivity contribution in [3.8, 4) is 0 Å². The molecule has 0 aromatic carbocycles. The second-order valence-electron chi connectivity index (χ2n) is 1.63. The standard InChI is InChI=1S/C3H9N.C3H5/c1-4(2)3;1-3-2/h1-3H3;3H,1-2H2. The van der Waals surface area contributed by atoms with E-state index in [2.05, 4.69) is 13.5 Å². The predicted octanol–water partition coefficient (Wildman–Crippen LogP) is 1.18. The van der Waals surface area contributed by atoms with Gasteiger partial charge in [-0.15, -0.1) is 6.58 Å². The molecule has 0 atom stereocenters. The molecular weight excluding hydrogens is 86.1 g/mol. The molecule has 0 aliphatic heterocycles. The Bertz CT molecular complexity index is 28.4. The first kappa shape index (κ1) is 9.85. The molecule has 0 fully saturated rings. The van der Waals surface area contributed by atoms with Gasteiger partial charge in [0.15, 0.2) is 0 Å². The van der Waals surface area contributed by atoms with Crippen LogP contribution in [0.5, 0.6) is 0 Å². The fourth-order valence-corrected chi connectivity index (χ4v) is 0. The summed E-state index contributed by atoms with van der Waals surface area (Å²) in [6, 6.07) is 0. The Hall–Kier alpha value is -0.300. The molecule has 43 valence electrons. The average molecular weight is 100 g/mol. The molecule has 1 radical (unpaired) electrons. The zero-order chi connectivity index (χ0) is 6.28. The van der Waals surface area contributed by atoms with Crippen molar-refractivity contribution >= 4 is 0 Å². The van der Waals surface area contributed by atoms with Gasteiger partial charge in [-0.3, -0.25) is 0 Å². The third-order valence-electron chi connectivity index (χ3n) is 0. The first-order chi connectivity index (χ1) is 3.15. The molecule has 0 heterocycles. The first-order valence-corrected chi connectivity index (χ1v) is 2.16. The summed E-state index contributed by atoms with van der Waals surface area (Å²) in [4.78, 5) is 2.00. The van der Waals surface area contributed by atoms with E-state index in [1.807, 2.05) is 26.0 Å². The molecule has 7 heavy (non-hydrogen) atoms. The Morgan fingerprint density at radius 3 is 1.29 bits per heavy atom. The molecule has 0 aromatic heterocycles. The summed E-state index contributed by atoms with van der Waals surface area (Å²) in [5, 5.41) is 0. The lowest BCUT2D eigenvalue weighted by Gasteiger charge is -1.90. The highest BCUT2D eigenvalue weighted by molar-refractivity contribution is 4.66. The van der Waals surface area contributed by atoms with Gasteiger partial charge in [-0.1, -0.05) is 6.08 Å². The largest absolute Gasteiger partial charge is 0.312 e. The molecule has 0 unspecified atom stereocenters. The fourth-order valence-electron chi connectivity index (χ4n) is 0. The van der Waals surface area contributed by atoms with Crippen LogP contribution in [0.3, 0.4) is 0 Å². The van der Waals surface area contributed by atoms with Gasteiger partial charge in [0.25, 0.3) is 0 Å². The molecule has 0 amide bonds. The Balaban J connectivity index is 0. The smallest absolute Gasteiger partial charge is 0.0140 e. The van der Waals surface area contributed by atoms with Gasteiger partial charge >= 0.3 is 0 Å². The summed E-state index contributed by atoms with van der Waals surface area (Å²) >= 11 is 0. The lowest BCUT2D eigenvalue weighted by atomic mass is 10.8. The summed E-state index contributed by atoms with van der Waals surface area (Å²) in [5.41, 5.74) is 0. The molecule has 1 heteroatoms. The van der Waals surface area contributed by atoms with Crippen molar-refractivity contribution in [2.75, 3.05) is 21.1 Å². The normalized spacial score (nSPS) is 7.00. The Morgan fingerprint density at radius 2 is 1.29 bits per heavy atom. The Morgan fingerprint density at radius 1 is 1.29 bits per heavy atom. The number of rotatable bonds is 0. The summed E-state index contributed by atoms with van der Waals surface area (Å²) in [7, 11) is 6.00. The first-order valence-electron chi connectivity index (χ1n) is 2.16. The number of allylic oxidation sites excluding steroid dienone is 1. The molecule has 0 aromatic rings. The zero-order valence-corrected chi connectivity index (χ0v) is 5.44. The van der Waals surface area contributed by atoms with Gasteiger partial charge in [0, 0.05) is 0 Å². The molecule has 0 N–H and O–H groups in total. The summed E-state index contributed by atoms with van der Waals surface area (Å²) in [5.74, 6) is 0. The molecule has 0 rings (SSSR count). The van der Waals surface area contributed by atoms with Gasteiger partial charge in [-0.2, -0.15) is 0 Å². The SMILES string of the molecule is CN(C)C.[CH2]C=C. The van der Waals surface area contributed by atoms with Crippen LogP contribution < -0.4 is 0 Å². The molecule has 0 bridgehead atoms. The molecular formula is C6H14N. The highest BCUT2D eigenvalue weighted by atomic mass is 15.0. The van der Waals surface area contributed by atoms with E-state index >= 15 is 0 Å². The van der Waals surface area contributed by atoms with Crippen molar-refractivity contribution in [1.82, 2.24) is 4.90 Å². The number of hydrogen-bond acceptors (Lipinski definition) is 1. The third-order valence-corrected chi connectivity index (χ3v) is 0. The lowest BCUT2D eigenvalue weighted by Crippen LogP contribution is -1.99. The minimum atomic E-state index is 1.50. The maximum Gasteiger partial charge on any atom is -0.0140 e. The van der Waals surface area contributed by atoms with Crippen LogP contribution in [0.1, 0.15) is 0 Å². The maximum atomic E-state index is 3.25. The van der Waals surface area contributed by atoms with Gasteiger partial charge < -0.3 is 4.90 Å². The Labute approximate surface area is 46.6 Å². The fraction of sp³-hybridized carbons (Fsp3) is 0.500. The third kappa shape index (κ3) is 867. The number of nitrogens with zero attached hydrogens (tertiary/aromatic N) is 1. The number of hydrogen-bond donors (Lipinski definition) is 0. The molecule has 0 aliphatic rings. The van der Waals surface area contributed by atoms with E-state index in [1.54, 1.807) is 0 Å². The minimum Gasteiger partial charge on any atom is -0.312 e. The zero-order valence-electron chi connectivity index (χ0n) is 5.44. The van der Waals surface area contributed by atoms with Crippen LogP contribution >= 0.6 is 0 Å². The average Bonchev–Trinajstić information content (AvgIpc) is 1.33. The van der Waals surface area contributed by atoms with Crippen LogP contribution in [0.2, 0.25) is 0 Å². The predicted molar refractivity (Wildman–Crippen MR) is 35.2 cm³/mol. The van der Waals surface area contributed by atoms with Gasteiger partial charge in [0.05, 0.1) is 0 Å². The van der Waals surface area contributed by atoms with E-state index in [4.69, 9.17) is 0 Å². The van der Waals surface area contributed by atoms with Crippen molar-refractivity contribution in [3.05, 3.63) is 19.6 Å². The molecule has 0 aliphatic carbocycles. The van der Waals surface area contributed by atoms with E-state index in [0.29, 0.717) is 0 Å². The van der Waals surface area contributed by atoms with E-state index in [9.17, 15) is 0 Å². The van der Waals surface area contributed by atoms with Gasteiger partial charge in [-0.25, -0.2) is 0 Å². The summed E-state index contributed by atoms with van der Waals surface area (Å²) in [6.45, 7) is 6.50. The van der Waals surface area contributed by atoms with Crippen LogP contribution in [0.15, 0.2) is 12.7 Å². The topological polar surface area (TPSA) is 3.24 Å². The monoisotopic (exact) mass is 100 g/mol. The highest BCUT2D eigenvalue weighted by Crippen LogP contribution is 1.47. The van der Waals surface area contributed by atoms with E-state index in [-0.39, 0.29) is 0 Å². The van der Waals surface area contributed by atoms with Crippen LogP contribution in [0.25, 0.3) is 0 Å². The van der Waals surface area contributed by atoms with E-state index in [0.717, 1.165) is 0 Å². The van der Waals surface area contributed by atoms with Gasteiger partial charge in [0.2, 0.25) is 0 Å². The second-order valence-corrected chi connectivity index (χ2v) is 1.63. The van der Waals surface area contributed by atoms with Crippen LogP contribution in [0.4, 0.5) is 0 Å². The van der Waals surface area contributed by atoms with Gasteiger partial charge in [-0.05, 0) is 28.1 Å². The molecule has 0 saturated heterocycles. The van der Waals surface area contributed by atoms with Crippen molar-refractivity contribution in [1.29, 1.82) is 0 Å². The summed E-state index contributed by atoms with van der Waals surface area (Å²) in [6.07, 6.45) is 1.50. The van der Waals surface area contributed by atoms with E-state index in [1.165, 1.54) is 6.08 Å². The minimum absolute atomic E-state index is 1.50. The van der Waals surface area contributed by atoms with Crippen LogP contribution in [0, 0.1) is 6.92 Å². The molecule has 1 nitrogen and oxygen atoms in total. The second kappa shape index (κ2) is 9.20. The van der Waals surface area contributed by atoms with Gasteiger partial charge in [0.1, 0.15) is 0 Å². The summed E-state index contributed by atoms with van der Waals surface area (Å²) < 4.78 is 0. The van der Waals surface area contributed by atoms with Crippen molar-refractivity contribution in [2.24, 2.45) is 0 Å². The van der Waals surface area contributed by atoms with Crippen LogP contribution in [-0.4, -0.2) is 26.0 Å². The van der Waals surface area contributed by atoms with Crippen molar-refractivity contribution < 1.29 is 0 Å². The highest BCUT2D eigenvalue weighted by Gasteiger charge is 1.58. The molecule has 0 saturated carbocycles. The van der Waals surface area contributed by atoms with Crippen LogP contribution in [-0.2, 0) is 0 Å². The Kier molecular flexibility index (Phi) is 12.9. The molecule has 0 spiro atoms.